The first-order valence-electron chi connectivity index (χ1n) is 3.24. The number of alkyl halides is 2. The summed E-state index contributed by atoms with van der Waals surface area (Å²) in [5, 5.41) is 2.72. The molecule has 0 amide bonds. The first kappa shape index (κ1) is 10.1. The largest absolute Gasteiger partial charge is 0.309 e. The first-order valence-corrected chi connectivity index (χ1v) is 3.24. The van der Waals surface area contributed by atoms with Crippen molar-refractivity contribution < 1.29 is 8.78 Å². The maximum absolute atomic E-state index is 12.5. The quantitative estimate of drug-likeness (QED) is 0.586. The highest BCUT2D eigenvalue weighted by atomic mass is 35.5. The van der Waals surface area contributed by atoms with E-state index in [1.807, 2.05) is 0 Å². The van der Waals surface area contributed by atoms with E-state index in [0.717, 1.165) is 6.54 Å². The van der Waals surface area contributed by atoms with E-state index in [-0.39, 0.29) is 18.8 Å². The highest BCUT2D eigenvalue weighted by Crippen LogP contribution is 2.26. The second-order valence-corrected chi connectivity index (χ2v) is 2.54. The monoisotopic (exact) mass is 171 g/mol. The van der Waals surface area contributed by atoms with Gasteiger partial charge in [0, 0.05) is 6.42 Å². The van der Waals surface area contributed by atoms with Crippen LogP contribution in [0.3, 0.4) is 0 Å². The molecular weight excluding hydrogens is 160 g/mol. The van der Waals surface area contributed by atoms with Gasteiger partial charge in [-0.3, -0.25) is 0 Å². The van der Waals surface area contributed by atoms with Crippen molar-refractivity contribution in [3.8, 4) is 0 Å². The molecule has 0 unspecified atom stereocenters. The van der Waals surface area contributed by atoms with Crippen LogP contribution in [0.15, 0.2) is 0 Å². The molecule has 62 valence electrons. The van der Waals surface area contributed by atoms with E-state index < -0.39 is 12.0 Å². The van der Waals surface area contributed by atoms with Crippen molar-refractivity contribution in [3.63, 3.8) is 0 Å². The van der Waals surface area contributed by atoms with Crippen LogP contribution in [0.25, 0.3) is 0 Å². The van der Waals surface area contributed by atoms with Crippen LogP contribution < -0.4 is 5.32 Å². The van der Waals surface area contributed by atoms with Gasteiger partial charge in [-0.2, -0.15) is 0 Å². The molecule has 1 nitrogen and oxygen atoms in total. The molecule has 0 spiro atoms. The molecule has 1 rings (SSSR count). The lowest BCUT2D eigenvalue weighted by molar-refractivity contribution is -0.0545. The average Bonchev–Trinajstić information content (AvgIpc) is 1.77. The summed E-state index contributed by atoms with van der Waals surface area (Å²) in [6, 6.07) is -0.633. The lowest BCUT2D eigenvalue weighted by atomic mass is 10.0. The van der Waals surface area contributed by atoms with Gasteiger partial charge in [0.15, 0.2) is 0 Å². The molecular formula is C6H12ClF2N. The summed E-state index contributed by atoms with van der Waals surface area (Å²) in [6.07, 6.45) is 0.637. The van der Waals surface area contributed by atoms with Crippen LogP contribution in [0.2, 0.25) is 0 Å². The Morgan fingerprint density at radius 1 is 1.50 bits per heavy atom. The predicted molar refractivity (Wildman–Crippen MR) is 38.9 cm³/mol. The maximum atomic E-state index is 12.5. The highest BCUT2D eigenvalue weighted by molar-refractivity contribution is 5.85. The minimum atomic E-state index is -2.47. The van der Waals surface area contributed by atoms with Crippen LogP contribution in [0.1, 0.15) is 19.8 Å². The Morgan fingerprint density at radius 2 is 2.10 bits per heavy atom. The molecule has 4 heteroatoms. The average molecular weight is 172 g/mol. The van der Waals surface area contributed by atoms with E-state index in [1.165, 1.54) is 6.92 Å². The van der Waals surface area contributed by atoms with Gasteiger partial charge in [-0.15, -0.1) is 12.4 Å². The minimum Gasteiger partial charge on any atom is -0.309 e. The van der Waals surface area contributed by atoms with E-state index in [4.69, 9.17) is 0 Å². The molecule has 0 bridgehead atoms. The van der Waals surface area contributed by atoms with Crippen molar-refractivity contribution in [2.45, 2.75) is 31.7 Å². The van der Waals surface area contributed by atoms with Gasteiger partial charge in [0.25, 0.3) is 5.92 Å². The molecule has 1 N–H and O–H groups in total. The van der Waals surface area contributed by atoms with Crippen LogP contribution in [0, 0.1) is 0 Å². The molecule has 0 saturated carbocycles. The molecule has 0 radical (unpaired) electrons. The lowest BCUT2D eigenvalue weighted by Crippen LogP contribution is -2.47. The number of piperidine rings is 1. The topological polar surface area (TPSA) is 12.0 Å². The van der Waals surface area contributed by atoms with E-state index >= 15 is 0 Å². The third-order valence-corrected chi connectivity index (χ3v) is 1.77. The van der Waals surface area contributed by atoms with Crippen molar-refractivity contribution in [3.05, 3.63) is 0 Å². The molecule has 1 atom stereocenters. The fourth-order valence-corrected chi connectivity index (χ4v) is 1.01. The number of hydrogen-bond acceptors (Lipinski definition) is 1. The van der Waals surface area contributed by atoms with Gasteiger partial charge in [-0.25, -0.2) is 8.78 Å². The Hall–Kier alpha value is 0.110. The standard InChI is InChI=1S/C6H11F2N.ClH/c1-5-6(7,8)3-2-4-9-5;/h5,9H,2-4H2,1H3;1H/t5-;/m0./s1. The first-order chi connectivity index (χ1) is 4.13. The molecule has 1 aliphatic heterocycles. The molecule has 1 saturated heterocycles. The number of halogens is 3. The zero-order chi connectivity index (χ0) is 6.91. The maximum Gasteiger partial charge on any atom is 0.262 e. The molecule has 1 aliphatic rings. The van der Waals surface area contributed by atoms with Gasteiger partial charge in [-0.05, 0) is 19.9 Å². The van der Waals surface area contributed by atoms with Gasteiger partial charge < -0.3 is 5.32 Å². The second-order valence-electron chi connectivity index (χ2n) is 2.54. The fourth-order valence-electron chi connectivity index (χ4n) is 1.01. The van der Waals surface area contributed by atoms with Crippen LogP contribution in [-0.4, -0.2) is 18.5 Å². The molecule has 10 heavy (non-hydrogen) atoms. The lowest BCUT2D eigenvalue weighted by Gasteiger charge is -2.29. The van der Waals surface area contributed by atoms with Crippen molar-refractivity contribution in [2.24, 2.45) is 0 Å². The van der Waals surface area contributed by atoms with Crippen LogP contribution >= 0.6 is 12.4 Å². The Morgan fingerprint density at radius 3 is 2.40 bits per heavy atom. The van der Waals surface area contributed by atoms with E-state index in [1.54, 1.807) is 0 Å². The summed E-state index contributed by atoms with van der Waals surface area (Å²) in [6.45, 7) is 2.26. The molecule has 0 aliphatic carbocycles. The Balaban J connectivity index is 0.000000810. The number of nitrogens with one attached hydrogen (secondary N) is 1. The zero-order valence-corrected chi connectivity index (χ0v) is 6.68. The molecule has 1 fully saturated rings. The molecule has 0 aromatic carbocycles. The van der Waals surface area contributed by atoms with E-state index in [2.05, 4.69) is 5.32 Å². The van der Waals surface area contributed by atoms with Crippen molar-refractivity contribution in [2.75, 3.05) is 6.54 Å². The molecule has 0 aromatic heterocycles. The van der Waals surface area contributed by atoms with Gasteiger partial charge >= 0.3 is 0 Å². The third-order valence-electron chi connectivity index (χ3n) is 1.77. The Labute approximate surface area is 65.6 Å². The molecule has 1 heterocycles. The summed E-state index contributed by atoms with van der Waals surface area (Å²) in [5.74, 6) is -2.47. The molecule has 0 aromatic rings. The second kappa shape index (κ2) is 3.49. The number of rotatable bonds is 0. The number of hydrogen-bond donors (Lipinski definition) is 1. The summed E-state index contributed by atoms with van der Waals surface area (Å²) in [5.41, 5.74) is 0. The third kappa shape index (κ3) is 2.06. The smallest absolute Gasteiger partial charge is 0.262 e. The van der Waals surface area contributed by atoms with E-state index in [9.17, 15) is 8.78 Å². The van der Waals surface area contributed by atoms with Crippen LogP contribution in [-0.2, 0) is 0 Å². The van der Waals surface area contributed by atoms with Crippen molar-refractivity contribution >= 4 is 12.4 Å². The van der Waals surface area contributed by atoms with Gasteiger partial charge in [-0.1, -0.05) is 0 Å². The van der Waals surface area contributed by atoms with Gasteiger partial charge in [0.2, 0.25) is 0 Å². The Kier molecular flexibility index (Phi) is 3.52. The predicted octanol–water partition coefficient (Wildman–Crippen LogP) is 1.82. The van der Waals surface area contributed by atoms with Crippen molar-refractivity contribution in [1.29, 1.82) is 0 Å². The van der Waals surface area contributed by atoms with Crippen molar-refractivity contribution in [1.82, 2.24) is 5.32 Å². The summed E-state index contributed by atoms with van der Waals surface area (Å²) in [4.78, 5) is 0. The summed E-state index contributed by atoms with van der Waals surface area (Å²) >= 11 is 0. The fraction of sp³-hybridized carbons (Fsp3) is 1.00. The normalized spacial score (nSPS) is 30.9. The summed E-state index contributed by atoms with van der Waals surface area (Å²) in [7, 11) is 0. The minimum absolute atomic E-state index is 0. The van der Waals surface area contributed by atoms with Crippen LogP contribution in [0.4, 0.5) is 8.78 Å². The highest BCUT2D eigenvalue weighted by Gasteiger charge is 2.37. The van der Waals surface area contributed by atoms with Crippen LogP contribution in [0.5, 0.6) is 0 Å². The van der Waals surface area contributed by atoms with E-state index in [0.29, 0.717) is 6.42 Å². The van der Waals surface area contributed by atoms with Gasteiger partial charge in [0.1, 0.15) is 0 Å². The van der Waals surface area contributed by atoms with Gasteiger partial charge in [0.05, 0.1) is 6.04 Å². The SMILES string of the molecule is C[C@@H]1NCCCC1(F)F.Cl. The zero-order valence-electron chi connectivity index (χ0n) is 5.86. The summed E-state index contributed by atoms with van der Waals surface area (Å²) < 4.78 is 25.1. The Bertz CT molecular complexity index is 108.